The van der Waals surface area contributed by atoms with Gasteiger partial charge >= 0.3 is 5.97 Å². The van der Waals surface area contributed by atoms with Crippen molar-refractivity contribution in [2.75, 3.05) is 14.1 Å². The van der Waals surface area contributed by atoms with Gasteiger partial charge < -0.3 is 24.7 Å². The van der Waals surface area contributed by atoms with Crippen molar-refractivity contribution in [1.29, 1.82) is 0 Å². The highest BCUT2D eigenvalue weighted by molar-refractivity contribution is 6.08. The second kappa shape index (κ2) is 7.64. The molecule has 3 heterocycles. The average Bonchev–Trinajstić information content (AvgIpc) is 3.31. The Kier molecular flexibility index (Phi) is 5.01. The van der Waals surface area contributed by atoms with E-state index < -0.39 is 5.97 Å². The van der Waals surface area contributed by atoms with E-state index >= 15 is 0 Å². The molecule has 154 valence electrons. The maximum absolute atomic E-state index is 12.3. The van der Waals surface area contributed by atoms with Gasteiger partial charge in [-0.05, 0) is 26.2 Å². The molecule has 4 rings (SSSR count). The lowest BCUT2D eigenvalue weighted by Crippen LogP contribution is -2.16. The Morgan fingerprint density at radius 3 is 2.70 bits per heavy atom. The molecule has 8 heteroatoms. The summed E-state index contributed by atoms with van der Waals surface area (Å²) in [6, 6.07) is 5.50. The van der Waals surface area contributed by atoms with E-state index in [1.54, 1.807) is 30.9 Å². The van der Waals surface area contributed by atoms with Crippen LogP contribution in [0.5, 0.6) is 5.75 Å². The van der Waals surface area contributed by atoms with Crippen LogP contribution in [0.15, 0.2) is 43.0 Å². The van der Waals surface area contributed by atoms with Crippen molar-refractivity contribution in [3.63, 3.8) is 0 Å². The number of aryl methyl sites for hydroxylation is 1. The Balaban J connectivity index is 2.10. The lowest BCUT2D eigenvalue weighted by Gasteiger charge is -2.13. The van der Waals surface area contributed by atoms with Crippen LogP contribution in [0.1, 0.15) is 27.4 Å². The van der Waals surface area contributed by atoms with Crippen LogP contribution in [-0.4, -0.2) is 54.7 Å². The Labute approximate surface area is 173 Å². The molecule has 0 saturated heterocycles. The largest absolute Gasteiger partial charge is 0.507 e. The topological polar surface area (TPSA) is 107 Å². The fraction of sp³-hybridized carbons (Fsp3) is 0.227. The minimum Gasteiger partial charge on any atom is -0.507 e. The number of hydrogen-bond donors (Lipinski definition) is 3. The molecule has 0 atom stereocenters. The van der Waals surface area contributed by atoms with Crippen molar-refractivity contribution < 1.29 is 15.0 Å². The Bertz CT molecular complexity index is 1210. The van der Waals surface area contributed by atoms with Crippen LogP contribution in [0.2, 0.25) is 0 Å². The van der Waals surface area contributed by atoms with Crippen molar-refractivity contribution in [3.8, 4) is 16.9 Å². The third kappa shape index (κ3) is 3.31. The molecule has 0 amide bonds. The Morgan fingerprint density at radius 2 is 2.10 bits per heavy atom. The lowest BCUT2D eigenvalue weighted by molar-refractivity contribution is 0.0696. The molecule has 0 aliphatic heterocycles. The number of aromatic carboxylic acids is 1. The molecule has 1 aromatic carbocycles. The van der Waals surface area contributed by atoms with Gasteiger partial charge in [-0.1, -0.05) is 6.07 Å². The number of carboxylic acid groups (broad SMARTS) is 1. The maximum Gasteiger partial charge on any atom is 0.338 e. The molecular formula is C22H23N5O3. The number of nitrogens with zero attached hydrogens (tertiary/aromatic N) is 4. The van der Waals surface area contributed by atoms with Gasteiger partial charge in [0, 0.05) is 72.6 Å². The van der Waals surface area contributed by atoms with Crippen molar-refractivity contribution in [2.45, 2.75) is 13.0 Å². The Morgan fingerprint density at radius 1 is 1.30 bits per heavy atom. The minimum atomic E-state index is -1.02. The summed E-state index contributed by atoms with van der Waals surface area (Å²) >= 11 is 0. The number of H-pyrrole nitrogens is 1. The van der Waals surface area contributed by atoms with Crippen LogP contribution < -0.4 is 0 Å². The molecule has 8 nitrogen and oxygen atoms in total. The molecule has 0 fully saturated rings. The van der Waals surface area contributed by atoms with Gasteiger partial charge in [-0.2, -0.15) is 0 Å². The summed E-state index contributed by atoms with van der Waals surface area (Å²) in [6.45, 7) is 0.454. The van der Waals surface area contributed by atoms with E-state index in [-0.39, 0.29) is 17.7 Å². The predicted octanol–water partition coefficient (Wildman–Crippen LogP) is 3.02. The number of imidazole rings is 1. The second-order valence-electron chi connectivity index (χ2n) is 7.52. The minimum absolute atomic E-state index is 0.0383. The van der Waals surface area contributed by atoms with E-state index in [1.807, 2.05) is 42.7 Å². The SMILES string of the molecule is CN(C)Cc1c(C(=O)O)c2c(Cc3ncc[nH]3)c(O)c(-c3cccnc3)cc2n1C. The zero-order valence-corrected chi connectivity index (χ0v) is 17.0. The number of phenols is 1. The van der Waals surface area contributed by atoms with Crippen LogP contribution in [0.4, 0.5) is 0 Å². The van der Waals surface area contributed by atoms with E-state index in [2.05, 4.69) is 15.0 Å². The molecule has 0 spiro atoms. The first-order valence-corrected chi connectivity index (χ1v) is 9.51. The predicted molar refractivity (Wildman–Crippen MR) is 114 cm³/mol. The fourth-order valence-corrected chi connectivity index (χ4v) is 3.91. The van der Waals surface area contributed by atoms with Crippen LogP contribution >= 0.6 is 0 Å². The van der Waals surface area contributed by atoms with Gasteiger partial charge in [0.15, 0.2) is 0 Å². The highest BCUT2D eigenvalue weighted by Gasteiger charge is 2.27. The standard InChI is InChI=1S/C22H23N5O3/c1-26(2)12-17-20(22(29)30)19-15(10-18-24-7-8-25-18)21(28)14(9-16(19)27(17)3)13-5-4-6-23-11-13/h4-9,11,28H,10,12H2,1-3H3,(H,24,25)(H,29,30). The number of fused-ring (bicyclic) bond motifs is 1. The van der Waals surface area contributed by atoms with E-state index in [9.17, 15) is 15.0 Å². The normalized spacial score (nSPS) is 11.5. The number of aromatic nitrogens is 4. The number of carbonyl (C=O) groups is 1. The van der Waals surface area contributed by atoms with E-state index in [0.717, 1.165) is 11.1 Å². The van der Waals surface area contributed by atoms with E-state index in [4.69, 9.17) is 0 Å². The van der Waals surface area contributed by atoms with Gasteiger partial charge in [0.25, 0.3) is 0 Å². The first-order chi connectivity index (χ1) is 14.4. The summed E-state index contributed by atoms with van der Waals surface area (Å²) in [7, 11) is 5.64. The maximum atomic E-state index is 12.3. The van der Waals surface area contributed by atoms with E-state index in [0.29, 0.717) is 34.6 Å². The molecule has 0 radical (unpaired) electrons. The first kappa shape index (κ1) is 19.7. The van der Waals surface area contributed by atoms with E-state index in [1.165, 1.54) is 0 Å². The number of benzene rings is 1. The number of carboxylic acids is 1. The molecule has 0 bridgehead atoms. The third-order valence-electron chi connectivity index (χ3n) is 5.24. The number of pyridine rings is 1. The van der Waals surface area contributed by atoms with Gasteiger partial charge in [-0.15, -0.1) is 0 Å². The number of nitrogens with one attached hydrogen (secondary N) is 1. The summed E-state index contributed by atoms with van der Waals surface area (Å²) < 4.78 is 1.89. The zero-order chi connectivity index (χ0) is 21.4. The van der Waals surface area contributed by atoms with Crippen molar-refractivity contribution in [3.05, 3.63) is 65.6 Å². The molecule has 3 aromatic heterocycles. The van der Waals surface area contributed by atoms with Crippen molar-refractivity contribution in [2.24, 2.45) is 7.05 Å². The molecule has 30 heavy (non-hydrogen) atoms. The van der Waals surface area contributed by atoms with Gasteiger partial charge in [-0.25, -0.2) is 9.78 Å². The van der Waals surface area contributed by atoms with Crippen LogP contribution in [0, 0.1) is 0 Å². The summed E-state index contributed by atoms with van der Waals surface area (Å²) in [5.41, 5.74) is 3.50. The Hall–Kier alpha value is -3.65. The van der Waals surface area contributed by atoms with Crippen LogP contribution in [0.3, 0.4) is 0 Å². The van der Waals surface area contributed by atoms with Crippen LogP contribution in [-0.2, 0) is 20.0 Å². The quantitative estimate of drug-likeness (QED) is 0.455. The van der Waals surface area contributed by atoms with Crippen LogP contribution in [0.25, 0.3) is 22.0 Å². The second-order valence-corrected chi connectivity index (χ2v) is 7.52. The van der Waals surface area contributed by atoms with Gasteiger partial charge in [0.1, 0.15) is 11.6 Å². The lowest BCUT2D eigenvalue weighted by atomic mass is 9.95. The number of rotatable bonds is 6. The highest BCUT2D eigenvalue weighted by Crippen LogP contribution is 2.41. The summed E-state index contributed by atoms with van der Waals surface area (Å²) in [5, 5.41) is 21.8. The van der Waals surface area contributed by atoms with Gasteiger partial charge in [0.05, 0.1) is 11.1 Å². The van der Waals surface area contributed by atoms with Crippen molar-refractivity contribution >= 4 is 16.9 Å². The molecule has 0 aliphatic carbocycles. The molecule has 3 N–H and O–H groups in total. The third-order valence-corrected chi connectivity index (χ3v) is 5.24. The fourth-order valence-electron chi connectivity index (χ4n) is 3.91. The number of aromatic amines is 1. The molecule has 0 saturated carbocycles. The molecule has 0 aliphatic rings. The molecule has 0 unspecified atom stereocenters. The first-order valence-electron chi connectivity index (χ1n) is 9.51. The molecule has 4 aromatic rings. The summed E-state index contributed by atoms with van der Waals surface area (Å²) in [4.78, 5) is 25.7. The number of phenolic OH excluding ortho intramolecular Hbond substituents is 1. The number of aromatic hydroxyl groups is 1. The van der Waals surface area contributed by atoms with Gasteiger partial charge in [-0.3, -0.25) is 4.98 Å². The monoisotopic (exact) mass is 405 g/mol. The average molecular weight is 405 g/mol. The highest BCUT2D eigenvalue weighted by atomic mass is 16.4. The zero-order valence-electron chi connectivity index (χ0n) is 17.0. The summed E-state index contributed by atoms with van der Waals surface area (Å²) in [6.07, 6.45) is 6.96. The molecular weight excluding hydrogens is 382 g/mol. The summed E-state index contributed by atoms with van der Waals surface area (Å²) in [5.74, 6) is -0.340. The van der Waals surface area contributed by atoms with Crippen molar-refractivity contribution in [1.82, 2.24) is 24.4 Å². The number of hydrogen-bond acceptors (Lipinski definition) is 5. The van der Waals surface area contributed by atoms with Gasteiger partial charge in [0.2, 0.25) is 0 Å². The smallest absolute Gasteiger partial charge is 0.338 e.